The van der Waals surface area contributed by atoms with Crippen molar-refractivity contribution in [1.29, 1.82) is 0 Å². The van der Waals surface area contributed by atoms with Gasteiger partial charge in [-0.15, -0.1) is 0 Å². The van der Waals surface area contributed by atoms with Crippen LogP contribution in [0.1, 0.15) is 18.4 Å². The normalized spacial score (nSPS) is 17.7. The zero-order chi connectivity index (χ0) is 20.6. The summed E-state index contributed by atoms with van der Waals surface area (Å²) in [5, 5.41) is 2.41. The molecule has 0 unspecified atom stereocenters. The van der Waals surface area contributed by atoms with Crippen molar-refractivity contribution in [3.63, 3.8) is 0 Å². The summed E-state index contributed by atoms with van der Waals surface area (Å²) in [6, 6.07) is 13.0. The summed E-state index contributed by atoms with van der Waals surface area (Å²) in [5.74, 6) is -1.46. The molecule has 0 bridgehead atoms. The largest absolute Gasteiger partial charge is 0.474 e. The van der Waals surface area contributed by atoms with E-state index in [2.05, 4.69) is 10.3 Å². The predicted octanol–water partition coefficient (Wildman–Crippen LogP) is 1.49. The van der Waals surface area contributed by atoms with E-state index in [0.717, 1.165) is 5.56 Å². The summed E-state index contributed by atoms with van der Waals surface area (Å²) in [6.07, 6.45) is 3.15. The van der Waals surface area contributed by atoms with E-state index in [9.17, 15) is 14.4 Å². The number of carbonyl (C=O) groups excluding carboxylic acids is 3. The van der Waals surface area contributed by atoms with Crippen molar-refractivity contribution >= 4 is 23.3 Å². The first-order chi connectivity index (χ1) is 14.0. The van der Waals surface area contributed by atoms with Gasteiger partial charge < -0.3 is 20.5 Å². The predicted molar refractivity (Wildman–Crippen MR) is 105 cm³/mol. The molecule has 0 spiro atoms. The van der Waals surface area contributed by atoms with E-state index in [1.807, 2.05) is 30.3 Å². The molecule has 8 nitrogen and oxygen atoms in total. The van der Waals surface area contributed by atoms with Gasteiger partial charge in [0.05, 0.1) is 31.0 Å². The summed E-state index contributed by atoms with van der Waals surface area (Å²) in [5.41, 5.74) is 6.64. The van der Waals surface area contributed by atoms with Gasteiger partial charge in [-0.1, -0.05) is 30.3 Å². The Morgan fingerprint density at radius 1 is 1.10 bits per heavy atom. The van der Waals surface area contributed by atoms with Crippen LogP contribution in [0.2, 0.25) is 0 Å². The first-order valence-electron chi connectivity index (χ1n) is 9.42. The summed E-state index contributed by atoms with van der Waals surface area (Å²) in [6.45, 7) is 0.0181. The number of hydrogen-bond donors (Lipinski definition) is 2. The molecule has 1 aliphatic carbocycles. The van der Waals surface area contributed by atoms with Gasteiger partial charge >= 0.3 is 5.97 Å². The molecule has 1 fully saturated rings. The smallest absolute Gasteiger partial charge is 0.309 e. The Balaban J connectivity index is 1.36. The second-order valence-corrected chi connectivity index (χ2v) is 6.78. The van der Waals surface area contributed by atoms with Gasteiger partial charge in [-0.2, -0.15) is 0 Å². The summed E-state index contributed by atoms with van der Waals surface area (Å²) in [4.78, 5) is 38.8. The fourth-order valence-electron chi connectivity index (χ4n) is 2.87. The third-order valence-electron chi connectivity index (χ3n) is 4.63. The maximum atomic E-state index is 12.1. The number of hydrogen-bond acceptors (Lipinski definition) is 7. The van der Waals surface area contributed by atoms with Crippen LogP contribution in [0.5, 0.6) is 5.88 Å². The lowest BCUT2D eigenvalue weighted by Crippen LogP contribution is -2.39. The minimum absolute atomic E-state index is 0.103. The fraction of sp³-hybridized carbons (Fsp3) is 0.333. The van der Waals surface area contributed by atoms with Crippen molar-refractivity contribution in [2.45, 2.75) is 25.4 Å². The first kappa shape index (κ1) is 20.5. The van der Waals surface area contributed by atoms with Crippen LogP contribution in [0.3, 0.4) is 0 Å². The number of ketones is 1. The second kappa shape index (κ2) is 9.79. The molecule has 1 heterocycles. The van der Waals surface area contributed by atoms with E-state index >= 15 is 0 Å². The molecule has 1 aromatic carbocycles. The van der Waals surface area contributed by atoms with Gasteiger partial charge in [0.15, 0.2) is 0 Å². The van der Waals surface area contributed by atoms with Gasteiger partial charge in [0.25, 0.3) is 5.91 Å². The zero-order valence-electron chi connectivity index (χ0n) is 15.9. The number of benzene rings is 1. The van der Waals surface area contributed by atoms with E-state index in [-0.39, 0.29) is 24.5 Å². The summed E-state index contributed by atoms with van der Waals surface area (Å²) in [7, 11) is 0. The number of nitrogens with one attached hydrogen (secondary N) is 1. The van der Waals surface area contributed by atoms with Crippen molar-refractivity contribution in [3.05, 3.63) is 54.2 Å². The molecule has 0 saturated heterocycles. The molecule has 152 valence electrons. The highest BCUT2D eigenvalue weighted by Gasteiger charge is 2.37. The maximum absolute atomic E-state index is 12.1. The number of ether oxygens (including phenoxy) is 2. The fourth-order valence-corrected chi connectivity index (χ4v) is 2.87. The van der Waals surface area contributed by atoms with Crippen molar-refractivity contribution in [2.24, 2.45) is 11.7 Å². The molecule has 3 N–H and O–H groups in total. The van der Waals surface area contributed by atoms with Crippen LogP contribution in [-0.4, -0.2) is 41.9 Å². The Labute approximate surface area is 168 Å². The SMILES string of the molecule is NCC(=O)C(=O)Nc1ccc(OC2CC(C(=O)OCCc3ccccc3)C2)nc1. The number of nitrogens with zero attached hydrogens (tertiary/aromatic N) is 1. The van der Waals surface area contributed by atoms with Crippen LogP contribution in [0.15, 0.2) is 48.7 Å². The van der Waals surface area contributed by atoms with E-state index in [1.54, 1.807) is 12.1 Å². The summed E-state index contributed by atoms with van der Waals surface area (Å²) < 4.78 is 11.1. The molecule has 0 aliphatic heterocycles. The number of rotatable bonds is 9. The van der Waals surface area contributed by atoms with E-state index in [1.165, 1.54) is 6.20 Å². The molecule has 1 aromatic heterocycles. The lowest BCUT2D eigenvalue weighted by atomic mass is 9.82. The molecule has 1 aliphatic rings. The zero-order valence-corrected chi connectivity index (χ0v) is 15.9. The quantitative estimate of drug-likeness (QED) is 0.486. The average molecular weight is 397 g/mol. The van der Waals surface area contributed by atoms with Crippen LogP contribution >= 0.6 is 0 Å². The van der Waals surface area contributed by atoms with Crippen LogP contribution in [-0.2, 0) is 25.5 Å². The molecule has 0 radical (unpaired) electrons. The number of aromatic nitrogens is 1. The lowest BCUT2D eigenvalue weighted by Gasteiger charge is -2.33. The molecule has 2 aromatic rings. The molecule has 29 heavy (non-hydrogen) atoms. The van der Waals surface area contributed by atoms with Crippen LogP contribution in [0, 0.1) is 5.92 Å². The maximum Gasteiger partial charge on any atom is 0.309 e. The third kappa shape index (κ3) is 5.86. The van der Waals surface area contributed by atoms with Crippen molar-refractivity contribution in [3.8, 4) is 5.88 Å². The number of pyridine rings is 1. The highest BCUT2D eigenvalue weighted by atomic mass is 16.5. The Morgan fingerprint density at radius 2 is 1.86 bits per heavy atom. The highest BCUT2D eigenvalue weighted by molar-refractivity contribution is 6.41. The number of Topliss-reactive ketones (excluding diaryl/α,β-unsaturated/α-hetero) is 1. The van der Waals surface area contributed by atoms with Crippen LogP contribution in [0.25, 0.3) is 0 Å². The molecular weight excluding hydrogens is 374 g/mol. The molecule has 1 amide bonds. The molecule has 3 rings (SSSR count). The van der Waals surface area contributed by atoms with Crippen molar-refractivity contribution in [2.75, 3.05) is 18.5 Å². The monoisotopic (exact) mass is 397 g/mol. The number of esters is 1. The van der Waals surface area contributed by atoms with Gasteiger partial charge in [0, 0.05) is 12.5 Å². The van der Waals surface area contributed by atoms with Crippen LogP contribution < -0.4 is 15.8 Å². The van der Waals surface area contributed by atoms with Crippen molar-refractivity contribution in [1.82, 2.24) is 4.98 Å². The second-order valence-electron chi connectivity index (χ2n) is 6.78. The lowest BCUT2D eigenvalue weighted by molar-refractivity contribution is -0.154. The van der Waals surface area contributed by atoms with E-state index in [4.69, 9.17) is 15.2 Å². The summed E-state index contributed by atoms with van der Waals surface area (Å²) >= 11 is 0. The van der Waals surface area contributed by atoms with Gasteiger partial charge in [-0.05, 0) is 24.5 Å². The highest BCUT2D eigenvalue weighted by Crippen LogP contribution is 2.32. The standard InChI is InChI=1S/C21H23N3O5/c22-12-18(25)20(26)24-16-6-7-19(23-13-16)29-17-10-15(11-17)21(27)28-9-8-14-4-2-1-3-5-14/h1-7,13,15,17H,8-12,22H2,(H,24,26). The molecular formula is C21H23N3O5. The Morgan fingerprint density at radius 3 is 2.52 bits per heavy atom. The third-order valence-corrected chi connectivity index (χ3v) is 4.63. The number of nitrogens with two attached hydrogens (primary N) is 1. The minimum Gasteiger partial charge on any atom is -0.474 e. The topological polar surface area (TPSA) is 121 Å². The minimum atomic E-state index is -0.782. The molecule has 0 atom stereocenters. The number of carbonyl (C=O) groups is 3. The van der Waals surface area contributed by atoms with E-state index < -0.39 is 11.7 Å². The average Bonchev–Trinajstić information content (AvgIpc) is 2.71. The number of anilines is 1. The van der Waals surface area contributed by atoms with Gasteiger partial charge in [-0.3, -0.25) is 14.4 Å². The Hall–Kier alpha value is -3.26. The van der Waals surface area contributed by atoms with Gasteiger partial charge in [-0.25, -0.2) is 4.98 Å². The molecule has 1 saturated carbocycles. The Kier molecular flexibility index (Phi) is 6.91. The van der Waals surface area contributed by atoms with Crippen molar-refractivity contribution < 1.29 is 23.9 Å². The van der Waals surface area contributed by atoms with E-state index in [0.29, 0.717) is 37.4 Å². The van der Waals surface area contributed by atoms with Crippen LogP contribution in [0.4, 0.5) is 5.69 Å². The molecule has 8 heteroatoms. The van der Waals surface area contributed by atoms with Gasteiger partial charge in [0.1, 0.15) is 6.10 Å². The Bertz CT molecular complexity index is 848. The van der Waals surface area contributed by atoms with Gasteiger partial charge in [0.2, 0.25) is 11.7 Å². The number of amides is 1. The first-order valence-corrected chi connectivity index (χ1v) is 9.42.